The van der Waals surface area contributed by atoms with Crippen LogP contribution in [0.5, 0.6) is 0 Å². The second-order valence-corrected chi connectivity index (χ2v) is 3.92. The number of anilines is 1. The molecule has 0 spiro atoms. The molecule has 1 aromatic heterocycles. The first-order valence-corrected chi connectivity index (χ1v) is 5.17. The molecule has 0 saturated carbocycles. The molecule has 2 N–H and O–H groups in total. The number of halogens is 1. The van der Waals surface area contributed by atoms with E-state index >= 15 is 0 Å². The molecule has 0 aliphatic carbocycles. The molecule has 1 fully saturated rings. The summed E-state index contributed by atoms with van der Waals surface area (Å²) in [6.45, 7) is 1.88. The van der Waals surface area contributed by atoms with Crippen LogP contribution in [0, 0.1) is 0 Å². The lowest BCUT2D eigenvalue weighted by Crippen LogP contribution is -2.22. The molecule has 1 unspecified atom stereocenters. The first kappa shape index (κ1) is 9.89. The highest BCUT2D eigenvalue weighted by Gasteiger charge is 2.17. The van der Waals surface area contributed by atoms with Crippen molar-refractivity contribution in [3.05, 3.63) is 22.3 Å². The molecule has 5 heteroatoms. The van der Waals surface area contributed by atoms with E-state index < -0.39 is 0 Å². The van der Waals surface area contributed by atoms with E-state index in [-0.39, 0.29) is 6.10 Å². The van der Waals surface area contributed by atoms with Gasteiger partial charge in [0.05, 0.1) is 24.3 Å². The summed E-state index contributed by atoms with van der Waals surface area (Å²) in [6, 6.07) is 1.92. The summed E-state index contributed by atoms with van der Waals surface area (Å²) in [6.07, 6.45) is 1.70. The molecule has 1 aromatic rings. The number of hydrogen-bond donors (Lipinski definition) is 1. The fraction of sp³-hybridized carbons (Fsp3) is 0.444. The number of nitrogens with zero attached hydrogens (tertiary/aromatic N) is 1. The van der Waals surface area contributed by atoms with Gasteiger partial charge in [0.1, 0.15) is 11.9 Å². The monoisotopic (exact) mass is 258 g/mol. The van der Waals surface area contributed by atoms with Gasteiger partial charge in [0.15, 0.2) is 0 Å². The molecule has 1 aliphatic rings. The van der Waals surface area contributed by atoms with Crippen LogP contribution in [-0.2, 0) is 9.47 Å². The molecule has 14 heavy (non-hydrogen) atoms. The molecule has 1 aliphatic heterocycles. The SMILES string of the molecule is Nc1ncc(C2COCCO2)cc1Br. The van der Waals surface area contributed by atoms with Crippen molar-refractivity contribution < 1.29 is 9.47 Å². The maximum atomic E-state index is 5.59. The van der Waals surface area contributed by atoms with E-state index in [0.29, 0.717) is 25.6 Å². The molecule has 76 valence electrons. The van der Waals surface area contributed by atoms with E-state index in [1.54, 1.807) is 6.20 Å². The summed E-state index contributed by atoms with van der Waals surface area (Å²) in [5.74, 6) is 0.491. The van der Waals surface area contributed by atoms with Crippen LogP contribution in [-0.4, -0.2) is 24.8 Å². The van der Waals surface area contributed by atoms with Gasteiger partial charge in [-0.3, -0.25) is 0 Å². The minimum Gasteiger partial charge on any atom is -0.383 e. The predicted molar refractivity (Wildman–Crippen MR) is 55.9 cm³/mol. The van der Waals surface area contributed by atoms with E-state index in [0.717, 1.165) is 10.0 Å². The summed E-state index contributed by atoms with van der Waals surface area (Å²) in [7, 11) is 0. The van der Waals surface area contributed by atoms with Crippen LogP contribution < -0.4 is 5.73 Å². The van der Waals surface area contributed by atoms with Crippen LogP contribution in [0.25, 0.3) is 0 Å². The highest BCUT2D eigenvalue weighted by Crippen LogP contribution is 2.25. The van der Waals surface area contributed by atoms with Gasteiger partial charge in [0.2, 0.25) is 0 Å². The molecule has 0 aromatic carbocycles. The van der Waals surface area contributed by atoms with E-state index in [1.807, 2.05) is 6.07 Å². The fourth-order valence-corrected chi connectivity index (χ4v) is 1.69. The third-order valence-electron chi connectivity index (χ3n) is 2.08. The summed E-state index contributed by atoms with van der Waals surface area (Å²) in [5.41, 5.74) is 6.58. The number of aromatic nitrogens is 1. The van der Waals surface area contributed by atoms with Gasteiger partial charge in [0.25, 0.3) is 0 Å². The number of pyridine rings is 1. The van der Waals surface area contributed by atoms with Gasteiger partial charge in [0, 0.05) is 11.8 Å². The lowest BCUT2D eigenvalue weighted by atomic mass is 10.1. The van der Waals surface area contributed by atoms with E-state index in [9.17, 15) is 0 Å². The third-order valence-corrected chi connectivity index (χ3v) is 2.71. The minimum absolute atomic E-state index is 0.0202. The van der Waals surface area contributed by atoms with Crippen molar-refractivity contribution in [1.82, 2.24) is 4.98 Å². The van der Waals surface area contributed by atoms with Gasteiger partial charge in [-0.05, 0) is 22.0 Å². The lowest BCUT2D eigenvalue weighted by Gasteiger charge is -2.23. The summed E-state index contributed by atoms with van der Waals surface area (Å²) in [4.78, 5) is 4.05. The van der Waals surface area contributed by atoms with E-state index in [2.05, 4.69) is 20.9 Å². The molecule has 2 rings (SSSR count). The minimum atomic E-state index is -0.0202. The maximum Gasteiger partial charge on any atom is 0.137 e. The van der Waals surface area contributed by atoms with Gasteiger partial charge in [-0.25, -0.2) is 4.98 Å². The van der Waals surface area contributed by atoms with Crippen molar-refractivity contribution in [2.45, 2.75) is 6.10 Å². The molecule has 0 radical (unpaired) electrons. The maximum absolute atomic E-state index is 5.59. The van der Waals surface area contributed by atoms with Crippen molar-refractivity contribution in [2.75, 3.05) is 25.6 Å². The zero-order valence-electron chi connectivity index (χ0n) is 7.57. The fourth-order valence-electron chi connectivity index (χ4n) is 1.32. The standard InChI is InChI=1S/C9H11BrN2O2/c10-7-3-6(4-12-9(7)11)8-5-13-1-2-14-8/h3-4,8H,1-2,5H2,(H2,11,12). The highest BCUT2D eigenvalue weighted by molar-refractivity contribution is 9.10. The Morgan fingerprint density at radius 1 is 1.50 bits per heavy atom. The van der Waals surface area contributed by atoms with Gasteiger partial charge in [-0.2, -0.15) is 0 Å². The topological polar surface area (TPSA) is 57.4 Å². The van der Waals surface area contributed by atoms with Crippen LogP contribution >= 0.6 is 15.9 Å². The Morgan fingerprint density at radius 2 is 2.36 bits per heavy atom. The summed E-state index contributed by atoms with van der Waals surface area (Å²) < 4.78 is 11.6. The van der Waals surface area contributed by atoms with Crippen molar-refractivity contribution in [3.8, 4) is 0 Å². The first-order valence-electron chi connectivity index (χ1n) is 4.37. The molecule has 0 bridgehead atoms. The number of hydrogen-bond acceptors (Lipinski definition) is 4. The Labute approximate surface area is 90.5 Å². The zero-order valence-corrected chi connectivity index (χ0v) is 9.16. The number of nitrogen functional groups attached to an aromatic ring is 1. The smallest absolute Gasteiger partial charge is 0.137 e. The molecular formula is C9H11BrN2O2. The average molecular weight is 259 g/mol. The molecule has 0 amide bonds. The second-order valence-electron chi connectivity index (χ2n) is 3.07. The van der Waals surface area contributed by atoms with E-state index in [4.69, 9.17) is 15.2 Å². The van der Waals surface area contributed by atoms with E-state index in [1.165, 1.54) is 0 Å². The van der Waals surface area contributed by atoms with Crippen molar-refractivity contribution >= 4 is 21.7 Å². The quantitative estimate of drug-likeness (QED) is 0.830. The van der Waals surface area contributed by atoms with Crippen LogP contribution in [0.3, 0.4) is 0 Å². The highest BCUT2D eigenvalue weighted by atomic mass is 79.9. The van der Waals surface area contributed by atoms with Gasteiger partial charge < -0.3 is 15.2 Å². The molecule has 1 atom stereocenters. The molecule has 2 heterocycles. The van der Waals surface area contributed by atoms with Crippen LogP contribution in [0.1, 0.15) is 11.7 Å². The number of ether oxygens (including phenoxy) is 2. The third kappa shape index (κ3) is 2.05. The Hall–Kier alpha value is -0.650. The van der Waals surface area contributed by atoms with Crippen LogP contribution in [0.4, 0.5) is 5.82 Å². The molecule has 1 saturated heterocycles. The lowest BCUT2D eigenvalue weighted by molar-refractivity contribution is -0.0902. The zero-order chi connectivity index (χ0) is 9.97. The predicted octanol–water partition coefficient (Wildman–Crippen LogP) is 1.51. The van der Waals surface area contributed by atoms with Crippen LogP contribution in [0.2, 0.25) is 0 Å². The second kappa shape index (κ2) is 4.25. The number of nitrogens with two attached hydrogens (primary N) is 1. The van der Waals surface area contributed by atoms with Crippen LogP contribution in [0.15, 0.2) is 16.7 Å². The number of rotatable bonds is 1. The summed E-state index contributed by atoms with van der Waals surface area (Å²) >= 11 is 3.33. The normalized spacial score (nSPS) is 22.2. The Balaban J connectivity index is 2.18. The van der Waals surface area contributed by atoms with Gasteiger partial charge >= 0.3 is 0 Å². The van der Waals surface area contributed by atoms with Crippen molar-refractivity contribution in [3.63, 3.8) is 0 Å². The Morgan fingerprint density at radius 3 is 3.00 bits per heavy atom. The van der Waals surface area contributed by atoms with Crippen molar-refractivity contribution in [2.24, 2.45) is 0 Å². The Kier molecular flexibility index (Phi) is 3.00. The van der Waals surface area contributed by atoms with Gasteiger partial charge in [-0.1, -0.05) is 0 Å². The average Bonchev–Trinajstić information content (AvgIpc) is 2.23. The van der Waals surface area contributed by atoms with Gasteiger partial charge in [-0.15, -0.1) is 0 Å². The van der Waals surface area contributed by atoms with Crippen molar-refractivity contribution in [1.29, 1.82) is 0 Å². The largest absolute Gasteiger partial charge is 0.383 e. The summed E-state index contributed by atoms with van der Waals surface area (Å²) in [5, 5.41) is 0. The molecule has 4 nitrogen and oxygen atoms in total. The molecular weight excluding hydrogens is 248 g/mol. The Bertz CT molecular complexity index is 327. The first-order chi connectivity index (χ1) is 6.77.